The minimum atomic E-state index is -0.621. The zero-order valence-corrected chi connectivity index (χ0v) is 16.1. The maximum absolute atomic E-state index is 13.9. The Kier molecular flexibility index (Phi) is 7.55. The molecule has 1 N–H and O–H groups in total. The van der Waals surface area contributed by atoms with E-state index in [1.165, 1.54) is 24.8 Å². The maximum atomic E-state index is 13.9. The van der Waals surface area contributed by atoms with Gasteiger partial charge in [-0.15, -0.1) is 11.8 Å². The molecule has 0 radical (unpaired) electrons. The van der Waals surface area contributed by atoms with Crippen molar-refractivity contribution in [1.82, 2.24) is 0 Å². The average Bonchev–Trinajstić information content (AvgIpc) is 2.40. The second-order valence-electron chi connectivity index (χ2n) is 6.37. The van der Waals surface area contributed by atoms with Gasteiger partial charge in [0.2, 0.25) is 5.91 Å². The van der Waals surface area contributed by atoms with Crippen LogP contribution in [0.1, 0.15) is 47.5 Å². The van der Waals surface area contributed by atoms with Crippen molar-refractivity contribution in [2.75, 3.05) is 5.32 Å². The molecule has 1 aromatic rings. The van der Waals surface area contributed by atoms with Crippen LogP contribution in [-0.2, 0) is 14.3 Å². The number of ether oxygens (including phenoxy) is 1. The van der Waals surface area contributed by atoms with Gasteiger partial charge in [-0.25, -0.2) is 4.39 Å². The predicted molar refractivity (Wildman–Crippen MR) is 96.1 cm³/mol. The minimum Gasteiger partial charge on any atom is -0.459 e. The molecule has 0 bridgehead atoms. The van der Waals surface area contributed by atoms with Crippen molar-refractivity contribution >= 4 is 40.9 Å². The van der Waals surface area contributed by atoms with Crippen LogP contribution in [0.5, 0.6) is 0 Å². The van der Waals surface area contributed by atoms with E-state index < -0.39 is 16.7 Å². The number of halogens is 2. The van der Waals surface area contributed by atoms with Gasteiger partial charge in [-0.05, 0) is 39.3 Å². The summed E-state index contributed by atoms with van der Waals surface area (Å²) in [6, 6.07) is 2.57. The molecule has 1 aromatic carbocycles. The number of carbonyl (C=O) groups is 2. The lowest BCUT2D eigenvalue weighted by atomic mass is 10.2. The minimum absolute atomic E-state index is 0.0360. The first-order valence-corrected chi connectivity index (χ1v) is 8.95. The Labute approximate surface area is 151 Å². The standard InChI is InChI=1S/C17H23ClFNO3S/c1-6-7-14(16(22)23-17(3,4)5)24-15-9-13(20-10(2)21)12(19)8-11(15)18/h8-9,14H,6-7H2,1-5H3,(H,20,21). The summed E-state index contributed by atoms with van der Waals surface area (Å²) >= 11 is 7.31. The Morgan fingerprint density at radius 3 is 2.50 bits per heavy atom. The second-order valence-corrected chi connectivity index (χ2v) is 8.02. The Morgan fingerprint density at radius 2 is 2.00 bits per heavy atom. The number of rotatable bonds is 6. The Hall–Kier alpha value is -1.27. The van der Waals surface area contributed by atoms with E-state index in [2.05, 4.69) is 5.32 Å². The second kappa shape index (κ2) is 8.72. The van der Waals surface area contributed by atoms with Crippen LogP contribution in [0.4, 0.5) is 10.1 Å². The third kappa shape index (κ3) is 6.69. The summed E-state index contributed by atoms with van der Waals surface area (Å²) < 4.78 is 19.3. The molecule has 1 atom stereocenters. The van der Waals surface area contributed by atoms with Gasteiger partial charge in [0.1, 0.15) is 16.7 Å². The van der Waals surface area contributed by atoms with Crippen molar-refractivity contribution in [1.29, 1.82) is 0 Å². The molecular formula is C17H23ClFNO3S. The number of benzene rings is 1. The number of amides is 1. The van der Waals surface area contributed by atoms with E-state index in [1.54, 1.807) is 20.8 Å². The molecular weight excluding hydrogens is 353 g/mol. The van der Waals surface area contributed by atoms with E-state index in [1.807, 2.05) is 6.92 Å². The number of thioether (sulfide) groups is 1. The summed E-state index contributed by atoms with van der Waals surface area (Å²) in [5, 5.41) is 2.15. The fraction of sp³-hybridized carbons (Fsp3) is 0.529. The van der Waals surface area contributed by atoms with Crippen molar-refractivity contribution in [2.45, 2.75) is 63.2 Å². The van der Waals surface area contributed by atoms with E-state index in [0.29, 0.717) is 11.3 Å². The van der Waals surface area contributed by atoms with Crippen molar-refractivity contribution in [2.24, 2.45) is 0 Å². The molecule has 4 nitrogen and oxygen atoms in total. The molecule has 1 amide bonds. The van der Waals surface area contributed by atoms with E-state index in [9.17, 15) is 14.0 Å². The molecule has 1 rings (SSSR count). The number of carbonyl (C=O) groups excluding carboxylic acids is 2. The monoisotopic (exact) mass is 375 g/mol. The van der Waals surface area contributed by atoms with E-state index in [-0.39, 0.29) is 22.6 Å². The predicted octanol–water partition coefficient (Wildman–Crippen LogP) is 5.04. The van der Waals surface area contributed by atoms with Crippen LogP contribution in [0.3, 0.4) is 0 Å². The summed E-state index contributed by atoms with van der Waals surface area (Å²) in [4.78, 5) is 24.0. The van der Waals surface area contributed by atoms with Gasteiger partial charge in [0.05, 0.1) is 10.7 Å². The maximum Gasteiger partial charge on any atom is 0.319 e. The van der Waals surface area contributed by atoms with Gasteiger partial charge < -0.3 is 10.1 Å². The third-order valence-corrected chi connectivity index (χ3v) is 4.55. The normalized spacial score (nSPS) is 12.6. The largest absolute Gasteiger partial charge is 0.459 e. The Balaban J connectivity index is 3.05. The first-order valence-electron chi connectivity index (χ1n) is 7.69. The number of hydrogen-bond acceptors (Lipinski definition) is 4. The van der Waals surface area contributed by atoms with E-state index in [4.69, 9.17) is 16.3 Å². The van der Waals surface area contributed by atoms with Crippen LogP contribution in [0, 0.1) is 5.82 Å². The third-order valence-electron chi connectivity index (χ3n) is 2.82. The van der Waals surface area contributed by atoms with Crippen LogP contribution in [0.25, 0.3) is 0 Å². The molecule has 134 valence electrons. The quantitative estimate of drug-likeness (QED) is 0.559. The van der Waals surface area contributed by atoms with Crippen molar-refractivity contribution in [3.8, 4) is 0 Å². The Bertz CT molecular complexity index is 617. The first-order chi connectivity index (χ1) is 11.0. The summed E-state index contributed by atoms with van der Waals surface area (Å²) in [7, 11) is 0. The van der Waals surface area contributed by atoms with Crippen LogP contribution in [0.15, 0.2) is 17.0 Å². The average molecular weight is 376 g/mol. The van der Waals surface area contributed by atoms with Crippen LogP contribution in [-0.4, -0.2) is 22.7 Å². The van der Waals surface area contributed by atoms with Crippen molar-refractivity contribution < 1.29 is 18.7 Å². The van der Waals surface area contributed by atoms with Gasteiger partial charge >= 0.3 is 5.97 Å². The number of esters is 1. The zero-order valence-electron chi connectivity index (χ0n) is 14.5. The lowest BCUT2D eigenvalue weighted by Gasteiger charge is -2.24. The first kappa shape index (κ1) is 20.8. The molecule has 0 saturated heterocycles. The molecule has 0 heterocycles. The van der Waals surface area contributed by atoms with Crippen LogP contribution < -0.4 is 5.32 Å². The lowest BCUT2D eigenvalue weighted by molar-refractivity contribution is -0.154. The molecule has 0 aromatic heterocycles. The molecule has 0 aliphatic carbocycles. The van der Waals surface area contributed by atoms with Gasteiger partial charge in [-0.2, -0.15) is 0 Å². The molecule has 0 aliphatic heterocycles. The smallest absolute Gasteiger partial charge is 0.319 e. The highest BCUT2D eigenvalue weighted by molar-refractivity contribution is 8.00. The van der Waals surface area contributed by atoms with Crippen molar-refractivity contribution in [3.05, 3.63) is 23.0 Å². The van der Waals surface area contributed by atoms with Gasteiger partial charge in [0.25, 0.3) is 0 Å². The van der Waals surface area contributed by atoms with Gasteiger partial charge in [0.15, 0.2) is 0 Å². The summed E-state index contributed by atoms with van der Waals surface area (Å²) in [6.45, 7) is 8.67. The number of anilines is 1. The highest BCUT2D eigenvalue weighted by Crippen LogP contribution is 2.36. The molecule has 24 heavy (non-hydrogen) atoms. The summed E-state index contributed by atoms with van der Waals surface area (Å²) in [5.41, 5.74) is -0.550. The van der Waals surface area contributed by atoms with Gasteiger partial charge in [-0.3, -0.25) is 9.59 Å². The van der Waals surface area contributed by atoms with Crippen LogP contribution in [0.2, 0.25) is 5.02 Å². The highest BCUT2D eigenvalue weighted by Gasteiger charge is 2.26. The van der Waals surface area contributed by atoms with Crippen molar-refractivity contribution in [3.63, 3.8) is 0 Å². The van der Waals surface area contributed by atoms with E-state index in [0.717, 1.165) is 12.5 Å². The summed E-state index contributed by atoms with van der Waals surface area (Å²) in [5.74, 6) is -1.34. The highest BCUT2D eigenvalue weighted by atomic mass is 35.5. The van der Waals surface area contributed by atoms with Gasteiger partial charge in [-0.1, -0.05) is 24.9 Å². The fourth-order valence-corrected chi connectivity index (χ4v) is 3.36. The fourth-order valence-electron chi connectivity index (χ4n) is 1.91. The number of nitrogens with one attached hydrogen (secondary N) is 1. The summed E-state index contributed by atoms with van der Waals surface area (Å²) in [6.07, 6.45) is 1.39. The molecule has 0 aliphatic rings. The lowest BCUT2D eigenvalue weighted by Crippen LogP contribution is -2.30. The van der Waals surface area contributed by atoms with Gasteiger partial charge in [0, 0.05) is 11.8 Å². The topological polar surface area (TPSA) is 55.4 Å². The van der Waals surface area contributed by atoms with E-state index >= 15 is 0 Å². The SMILES string of the molecule is CCCC(Sc1cc(NC(C)=O)c(F)cc1Cl)C(=O)OC(C)(C)C. The number of hydrogen-bond donors (Lipinski definition) is 1. The Morgan fingerprint density at radius 1 is 1.38 bits per heavy atom. The molecule has 0 fully saturated rings. The zero-order chi connectivity index (χ0) is 18.5. The van der Waals surface area contributed by atoms with Crippen LogP contribution >= 0.6 is 23.4 Å². The molecule has 1 unspecified atom stereocenters. The molecule has 0 spiro atoms. The molecule has 7 heteroatoms. The molecule has 0 saturated carbocycles.